The molecule has 0 bridgehead atoms. The highest BCUT2D eigenvalue weighted by Gasteiger charge is 2.09. The van der Waals surface area contributed by atoms with Gasteiger partial charge in [-0.05, 0) is 29.8 Å². The normalized spacial score (nSPS) is 10.8. The zero-order valence-corrected chi connectivity index (χ0v) is 14.4. The Hall–Kier alpha value is -2.66. The van der Waals surface area contributed by atoms with Crippen molar-refractivity contribution in [3.8, 4) is 11.3 Å². The molecule has 0 amide bonds. The highest BCUT2D eigenvalue weighted by atomic mass is 15.3. The third-order valence-electron chi connectivity index (χ3n) is 3.93. The number of aryl methyl sites for hydroxylation is 1. The van der Waals surface area contributed by atoms with Gasteiger partial charge in [-0.2, -0.15) is 5.10 Å². The summed E-state index contributed by atoms with van der Waals surface area (Å²) in [6.07, 6.45) is 5.67. The van der Waals surface area contributed by atoms with Gasteiger partial charge in [-0.1, -0.05) is 12.1 Å². The van der Waals surface area contributed by atoms with Gasteiger partial charge in [-0.25, -0.2) is 0 Å². The first-order valence-electron chi connectivity index (χ1n) is 8.03. The highest BCUT2D eigenvalue weighted by molar-refractivity contribution is 5.61. The molecule has 0 spiro atoms. The molecule has 0 aliphatic heterocycles. The van der Waals surface area contributed by atoms with Crippen molar-refractivity contribution in [2.45, 2.75) is 13.1 Å². The van der Waals surface area contributed by atoms with Gasteiger partial charge in [0, 0.05) is 69.6 Å². The Morgan fingerprint density at radius 2 is 1.88 bits per heavy atom. The van der Waals surface area contributed by atoms with Gasteiger partial charge in [0.25, 0.3) is 0 Å². The van der Waals surface area contributed by atoms with Crippen molar-refractivity contribution in [3.05, 3.63) is 66.1 Å². The lowest BCUT2D eigenvalue weighted by molar-refractivity contribution is 0.692. The van der Waals surface area contributed by atoms with Crippen LogP contribution in [0.2, 0.25) is 0 Å². The largest absolute Gasteiger partial charge is 0.378 e. The number of rotatable bonds is 6. The van der Waals surface area contributed by atoms with Gasteiger partial charge in [0.1, 0.15) is 0 Å². The third-order valence-corrected chi connectivity index (χ3v) is 3.93. The summed E-state index contributed by atoms with van der Waals surface area (Å²) in [5.41, 5.74) is 5.78. The summed E-state index contributed by atoms with van der Waals surface area (Å²) in [7, 11) is 6.07. The SMILES string of the molecule is CN(C)c1cccc(CNCc2cn(C)nc2-c2ccncc2)c1. The second-order valence-electron chi connectivity index (χ2n) is 6.08. The van der Waals surface area contributed by atoms with Crippen LogP contribution < -0.4 is 10.2 Å². The fourth-order valence-corrected chi connectivity index (χ4v) is 2.71. The molecular weight excluding hydrogens is 298 g/mol. The average molecular weight is 321 g/mol. The van der Waals surface area contributed by atoms with Gasteiger partial charge in [-0.3, -0.25) is 9.67 Å². The monoisotopic (exact) mass is 321 g/mol. The number of nitrogens with zero attached hydrogens (tertiary/aromatic N) is 4. The van der Waals surface area contributed by atoms with Crippen molar-refractivity contribution in [2.75, 3.05) is 19.0 Å². The van der Waals surface area contributed by atoms with Crippen LogP contribution in [0.15, 0.2) is 55.0 Å². The van der Waals surface area contributed by atoms with E-state index < -0.39 is 0 Å². The number of benzene rings is 1. The molecule has 124 valence electrons. The highest BCUT2D eigenvalue weighted by Crippen LogP contribution is 2.21. The molecule has 0 radical (unpaired) electrons. The summed E-state index contributed by atoms with van der Waals surface area (Å²) in [5, 5.41) is 8.11. The lowest BCUT2D eigenvalue weighted by atomic mass is 10.1. The average Bonchev–Trinajstić information content (AvgIpc) is 2.97. The number of nitrogens with one attached hydrogen (secondary N) is 1. The molecule has 0 saturated heterocycles. The minimum absolute atomic E-state index is 0.775. The van der Waals surface area contributed by atoms with E-state index in [0.29, 0.717) is 0 Å². The van der Waals surface area contributed by atoms with Crippen LogP contribution in [0, 0.1) is 0 Å². The maximum atomic E-state index is 4.59. The number of hydrogen-bond donors (Lipinski definition) is 1. The van der Waals surface area contributed by atoms with Gasteiger partial charge in [-0.15, -0.1) is 0 Å². The molecule has 0 aliphatic carbocycles. The summed E-state index contributed by atoms with van der Waals surface area (Å²) in [6, 6.07) is 12.6. The standard InChI is InChI=1S/C19H23N5/c1-23(2)18-6-4-5-15(11-18)12-21-13-17-14-24(3)22-19(17)16-7-9-20-10-8-16/h4-11,14,21H,12-13H2,1-3H3. The molecule has 1 aromatic carbocycles. The molecule has 3 aromatic rings. The van der Waals surface area contributed by atoms with E-state index in [-0.39, 0.29) is 0 Å². The van der Waals surface area contributed by atoms with Crippen LogP contribution in [0.3, 0.4) is 0 Å². The van der Waals surface area contributed by atoms with Crippen LogP contribution >= 0.6 is 0 Å². The molecule has 2 aromatic heterocycles. The maximum absolute atomic E-state index is 4.59. The third kappa shape index (κ3) is 3.81. The van der Waals surface area contributed by atoms with Gasteiger partial charge in [0.2, 0.25) is 0 Å². The van der Waals surface area contributed by atoms with Crippen LogP contribution in [0.4, 0.5) is 5.69 Å². The van der Waals surface area contributed by atoms with Crippen LogP contribution in [0.5, 0.6) is 0 Å². The van der Waals surface area contributed by atoms with Crippen molar-refractivity contribution in [1.82, 2.24) is 20.1 Å². The summed E-state index contributed by atoms with van der Waals surface area (Å²) in [5.74, 6) is 0. The number of aromatic nitrogens is 3. The molecule has 0 atom stereocenters. The van der Waals surface area contributed by atoms with Crippen LogP contribution in [-0.4, -0.2) is 28.9 Å². The molecule has 0 unspecified atom stereocenters. The van der Waals surface area contributed by atoms with Crippen LogP contribution in [-0.2, 0) is 20.1 Å². The second-order valence-corrected chi connectivity index (χ2v) is 6.08. The van der Waals surface area contributed by atoms with Crippen molar-refractivity contribution in [3.63, 3.8) is 0 Å². The van der Waals surface area contributed by atoms with E-state index in [0.717, 1.165) is 24.3 Å². The summed E-state index contributed by atoms with van der Waals surface area (Å²) < 4.78 is 1.86. The minimum Gasteiger partial charge on any atom is -0.378 e. The van der Waals surface area contributed by atoms with E-state index >= 15 is 0 Å². The van der Waals surface area contributed by atoms with E-state index in [4.69, 9.17) is 0 Å². The Morgan fingerprint density at radius 3 is 2.62 bits per heavy atom. The molecule has 0 saturated carbocycles. The molecule has 5 nitrogen and oxygen atoms in total. The van der Waals surface area contributed by atoms with Crippen molar-refractivity contribution < 1.29 is 0 Å². The molecular formula is C19H23N5. The Labute approximate surface area is 143 Å². The van der Waals surface area contributed by atoms with E-state index in [1.807, 2.05) is 23.9 Å². The van der Waals surface area contributed by atoms with Gasteiger partial charge in [0.05, 0.1) is 5.69 Å². The fourth-order valence-electron chi connectivity index (χ4n) is 2.71. The first-order valence-corrected chi connectivity index (χ1v) is 8.03. The van der Waals surface area contributed by atoms with E-state index in [1.165, 1.54) is 16.8 Å². The number of pyridine rings is 1. The zero-order chi connectivity index (χ0) is 16.9. The Kier molecular flexibility index (Phi) is 4.91. The van der Waals surface area contributed by atoms with Gasteiger partial charge in [0.15, 0.2) is 0 Å². The molecule has 0 fully saturated rings. The van der Waals surface area contributed by atoms with Crippen molar-refractivity contribution >= 4 is 5.69 Å². The summed E-state index contributed by atoms with van der Waals surface area (Å²) in [6.45, 7) is 1.60. The van der Waals surface area contributed by atoms with E-state index in [2.05, 4.69) is 64.9 Å². The molecule has 0 aliphatic rings. The number of anilines is 1. The second kappa shape index (κ2) is 7.27. The maximum Gasteiger partial charge on any atom is 0.0969 e. The zero-order valence-electron chi connectivity index (χ0n) is 14.4. The van der Waals surface area contributed by atoms with Crippen molar-refractivity contribution in [1.29, 1.82) is 0 Å². The lowest BCUT2D eigenvalue weighted by Gasteiger charge is -2.14. The topological polar surface area (TPSA) is 46.0 Å². The number of hydrogen-bond acceptors (Lipinski definition) is 4. The smallest absolute Gasteiger partial charge is 0.0969 e. The molecule has 1 N–H and O–H groups in total. The minimum atomic E-state index is 0.775. The van der Waals surface area contributed by atoms with Crippen molar-refractivity contribution in [2.24, 2.45) is 7.05 Å². The first kappa shape index (κ1) is 16.2. The van der Waals surface area contributed by atoms with Gasteiger partial charge >= 0.3 is 0 Å². The predicted molar refractivity (Wildman–Crippen MR) is 97.8 cm³/mol. The van der Waals surface area contributed by atoms with E-state index in [9.17, 15) is 0 Å². The van der Waals surface area contributed by atoms with E-state index in [1.54, 1.807) is 12.4 Å². The summed E-state index contributed by atoms with van der Waals surface area (Å²) >= 11 is 0. The Balaban J connectivity index is 1.69. The quantitative estimate of drug-likeness (QED) is 0.758. The molecule has 2 heterocycles. The first-order chi connectivity index (χ1) is 11.6. The van der Waals surface area contributed by atoms with Crippen LogP contribution in [0.1, 0.15) is 11.1 Å². The molecule has 24 heavy (non-hydrogen) atoms. The molecule has 5 heteroatoms. The Bertz CT molecular complexity index is 793. The predicted octanol–water partition coefficient (Wildman–Crippen LogP) is 2.84. The molecule has 3 rings (SSSR count). The lowest BCUT2D eigenvalue weighted by Crippen LogP contribution is -2.14. The van der Waals surface area contributed by atoms with Gasteiger partial charge < -0.3 is 10.2 Å². The summed E-state index contributed by atoms with van der Waals surface area (Å²) in [4.78, 5) is 6.19. The Morgan fingerprint density at radius 1 is 1.08 bits per heavy atom. The van der Waals surface area contributed by atoms with Crippen LogP contribution in [0.25, 0.3) is 11.3 Å². The fraction of sp³-hybridized carbons (Fsp3) is 0.263.